The number of carbonyl (C=O) groups is 1. The number of hydrogen-bond acceptors (Lipinski definition) is 4. The first kappa shape index (κ1) is 16.1. The summed E-state index contributed by atoms with van der Waals surface area (Å²) in [5.41, 5.74) is 0.427. The summed E-state index contributed by atoms with van der Waals surface area (Å²) in [6.07, 6.45) is 0.860. The molecule has 100 valence electrons. The second kappa shape index (κ2) is 9.12. The first-order valence-corrected chi connectivity index (χ1v) is 5.67. The maximum absolute atomic E-state index is 11.4. The van der Waals surface area contributed by atoms with Gasteiger partial charge in [-0.2, -0.15) is 0 Å². The van der Waals surface area contributed by atoms with Gasteiger partial charge < -0.3 is 10.6 Å². The van der Waals surface area contributed by atoms with E-state index in [1.807, 2.05) is 21.0 Å². The average molecular weight is 253 g/mol. The minimum atomic E-state index is -0.492. The molecule has 1 aromatic rings. The van der Waals surface area contributed by atoms with Gasteiger partial charge in [0.15, 0.2) is 0 Å². The van der Waals surface area contributed by atoms with Crippen LogP contribution in [0.5, 0.6) is 0 Å². The lowest BCUT2D eigenvalue weighted by atomic mass is 10.2. The Morgan fingerprint density at radius 1 is 1.28 bits per heavy atom. The number of amides is 1. The number of benzene rings is 1. The third-order valence-electron chi connectivity index (χ3n) is 1.88. The zero-order chi connectivity index (χ0) is 14.0. The van der Waals surface area contributed by atoms with E-state index in [0.29, 0.717) is 12.1 Å². The first-order chi connectivity index (χ1) is 8.56. The second-order valence-corrected chi connectivity index (χ2v) is 3.56. The van der Waals surface area contributed by atoms with E-state index in [9.17, 15) is 14.9 Å². The van der Waals surface area contributed by atoms with E-state index in [4.69, 9.17) is 0 Å². The molecule has 0 aliphatic carbocycles. The fourth-order valence-electron chi connectivity index (χ4n) is 1.08. The fraction of sp³-hybridized carbons (Fsp3) is 0.417. The Kier molecular flexibility index (Phi) is 8.13. The van der Waals surface area contributed by atoms with Crippen molar-refractivity contribution in [2.45, 2.75) is 13.3 Å². The predicted molar refractivity (Wildman–Crippen MR) is 70.7 cm³/mol. The highest BCUT2D eigenvalue weighted by atomic mass is 16.6. The number of non-ortho nitro benzene ring substituents is 1. The summed E-state index contributed by atoms with van der Waals surface area (Å²) < 4.78 is 0. The molecule has 0 aromatic heterocycles. The molecule has 0 fully saturated rings. The molecule has 1 rings (SSSR count). The van der Waals surface area contributed by atoms with E-state index in [2.05, 4.69) is 10.6 Å². The maximum Gasteiger partial charge on any atom is 0.269 e. The van der Waals surface area contributed by atoms with Crippen LogP contribution < -0.4 is 10.6 Å². The summed E-state index contributed by atoms with van der Waals surface area (Å²) in [4.78, 5) is 21.3. The van der Waals surface area contributed by atoms with E-state index in [1.54, 1.807) is 0 Å². The van der Waals surface area contributed by atoms with E-state index >= 15 is 0 Å². The minimum absolute atomic E-state index is 0.0120. The molecular weight excluding hydrogens is 234 g/mol. The molecule has 0 aliphatic heterocycles. The lowest BCUT2D eigenvalue weighted by Crippen LogP contribution is -2.23. The highest BCUT2D eigenvalue weighted by molar-refractivity contribution is 5.94. The van der Waals surface area contributed by atoms with Crippen molar-refractivity contribution in [1.82, 2.24) is 10.6 Å². The molecule has 1 amide bonds. The fourth-order valence-corrected chi connectivity index (χ4v) is 1.08. The van der Waals surface area contributed by atoms with Gasteiger partial charge in [-0.3, -0.25) is 14.9 Å². The van der Waals surface area contributed by atoms with Crippen molar-refractivity contribution in [1.29, 1.82) is 0 Å². The van der Waals surface area contributed by atoms with Crippen LogP contribution in [0.2, 0.25) is 0 Å². The zero-order valence-electron chi connectivity index (χ0n) is 10.9. The zero-order valence-corrected chi connectivity index (χ0v) is 10.9. The third kappa shape index (κ3) is 5.95. The number of nitro groups is 1. The van der Waals surface area contributed by atoms with Crippen molar-refractivity contribution in [3.63, 3.8) is 0 Å². The molecule has 0 aliphatic rings. The highest BCUT2D eigenvalue weighted by Crippen LogP contribution is 2.11. The molecule has 18 heavy (non-hydrogen) atoms. The van der Waals surface area contributed by atoms with Gasteiger partial charge in [0.2, 0.25) is 0 Å². The van der Waals surface area contributed by atoms with Gasteiger partial charge in [0.25, 0.3) is 11.6 Å². The van der Waals surface area contributed by atoms with E-state index in [0.717, 1.165) is 6.42 Å². The molecule has 0 saturated heterocycles. The second-order valence-electron chi connectivity index (χ2n) is 3.56. The van der Waals surface area contributed by atoms with Crippen LogP contribution in [0.3, 0.4) is 0 Å². The topological polar surface area (TPSA) is 84.3 Å². The smallest absolute Gasteiger partial charge is 0.269 e. The Labute approximate surface area is 107 Å². The third-order valence-corrected chi connectivity index (χ3v) is 1.88. The van der Waals surface area contributed by atoms with Crippen molar-refractivity contribution in [3.8, 4) is 0 Å². The minimum Gasteiger partial charge on any atom is -0.352 e. The first-order valence-electron chi connectivity index (χ1n) is 5.67. The number of nitrogens with one attached hydrogen (secondary N) is 2. The van der Waals surface area contributed by atoms with Crippen LogP contribution in [0, 0.1) is 10.1 Å². The molecular formula is C12H19N3O3. The number of nitrogens with zero attached hydrogens (tertiary/aromatic N) is 1. The van der Waals surface area contributed by atoms with Gasteiger partial charge >= 0.3 is 0 Å². The van der Waals surface area contributed by atoms with E-state index < -0.39 is 4.92 Å². The van der Waals surface area contributed by atoms with Crippen LogP contribution in [-0.4, -0.2) is 31.5 Å². The Morgan fingerprint density at radius 2 is 1.78 bits per heavy atom. The van der Waals surface area contributed by atoms with Crippen molar-refractivity contribution < 1.29 is 9.72 Å². The van der Waals surface area contributed by atoms with Crippen LogP contribution in [0.4, 0.5) is 5.69 Å². The molecule has 0 atom stereocenters. The predicted octanol–water partition coefficient (Wildman–Crippen LogP) is 1.57. The Balaban J connectivity index is 0.000000873. The Hall–Kier alpha value is -1.95. The van der Waals surface area contributed by atoms with Gasteiger partial charge in [-0.1, -0.05) is 6.92 Å². The van der Waals surface area contributed by atoms with Gasteiger partial charge in [-0.05, 0) is 32.6 Å². The molecule has 6 nitrogen and oxygen atoms in total. The molecule has 0 radical (unpaired) electrons. The van der Waals surface area contributed by atoms with Crippen LogP contribution in [0.1, 0.15) is 23.7 Å². The molecule has 2 N–H and O–H groups in total. The van der Waals surface area contributed by atoms with Crippen LogP contribution in [-0.2, 0) is 0 Å². The van der Waals surface area contributed by atoms with Crippen molar-refractivity contribution in [2.24, 2.45) is 0 Å². The molecule has 1 aromatic carbocycles. The van der Waals surface area contributed by atoms with Gasteiger partial charge in [-0.25, -0.2) is 0 Å². The Morgan fingerprint density at radius 3 is 2.17 bits per heavy atom. The van der Waals surface area contributed by atoms with Crippen molar-refractivity contribution >= 4 is 11.6 Å². The highest BCUT2D eigenvalue weighted by Gasteiger charge is 2.08. The molecule has 6 heteroatoms. The maximum atomic E-state index is 11.4. The number of carbonyl (C=O) groups excluding carboxylic acids is 1. The summed E-state index contributed by atoms with van der Waals surface area (Å²) in [7, 11) is 3.75. The summed E-state index contributed by atoms with van der Waals surface area (Å²) in [5.74, 6) is -0.202. The molecule has 0 spiro atoms. The Bertz CT molecular complexity index is 377. The van der Waals surface area contributed by atoms with Crippen LogP contribution in [0.15, 0.2) is 24.3 Å². The van der Waals surface area contributed by atoms with Gasteiger partial charge in [0.05, 0.1) is 4.92 Å². The quantitative estimate of drug-likeness (QED) is 0.630. The van der Waals surface area contributed by atoms with Gasteiger partial charge in [0, 0.05) is 24.2 Å². The lowest BCUT2D eigenvalue weighted by molar-refractivity contribution is -0.384. The number of hydrogen-bond donors (Lipinski definition) is 2. The average Bonchev–Trinajstić information content (AvgIpc) is 2.37. The lowest BCUT2D eigenvalue weighted by Gasteiger charge is -2.02. The van der Waals surface area contributed by atoms with Crippen molar-refractivity contribution in [2.75, 3.05) is 20.6 Å². The molecule has 0 unspecified atom stereocenters. The molecule has 0 saturated carbocycles. The summed E-state index contributed by atoms with van der Waals surface area (Å²) in [6, 6.07) is 5.54. The summed E-state index contributed by atoms with van der Waals surface area (Å²) in [6.45, 7) is 2.56. The van der Waals surface area contributed by atoms with Crippen molar-refractivity contribution in [3.05, 3.63) is 39.9 Å². The largest absolute Gasteiger partial charge is 0.352 e. The molecule has 0 heterocycles. The monoisotopic (exact) mass is 253 g/mol. The van der Waals surface area contributed by atoms with Crippen LogP contribution in [0.25, 0.3) is 0 Å². The number of nitro benzene ring substituents is 1. The molecule has 0 bridgehead atoms. The standard InChI is InChI=1S/C10H12N2O3.C2H7N/c1-2-7-11-10(13)8-3-5-9(6-4-8)12(14)15;1-3-2/h3-6H,2,7H2,1H3,(H,11,13);3H,1-2H3. The van der Waals surface area contributed by atoms with Gasteiger partial charge in [0.1, 0.15) is 0 Å². The van der Waals surface area contributed by atoms with Crippen LogP contribution >= 0.6 is 0 Å². The van der Waals surface area contributed by atoms with Gasteiger partial charge in [-0.15, -0.1) is 0 Å². The normalized spacial score (nSPS) is 9.06. The summed E-state index contributed by atoms with van der Waals surface area (Å²) in [5, 5.41) is 15.8. The van der Waals surface area contributed by atoms with E-state index in [1.165, 1.54) is 24.3 Å². The summed E-state index contributed by atoms with van der Waals surface area (Å²) >= 11 is 0. The number of rotatable bonds is 4. The SMILES string of the molecule is CCCNC(=O)c1ccc([N+](=O)[O-])cc1.CNC. The van der Waals surface area contributed by atoms with E-state index in [-0.39, 0.29) is 11.6 Å².